The van der Waals surface area contributed by atoms with Gasteiger partial charge in [-0.3, -0.25) is 4.79 Å². The maximum atomic E-state index is 12.5. The van der Waals surface area contributed by atoms with Gasteiger partial charge in [-0.15, -0.1) is 11.3 Å². The number of nitrogens with zero attached hydrogens (tertiary/aromatic N) is 3. The number of allylic oxidation sites excluding steroid dienone is 1. The van der Waals surface area contributed by atoms with E-state index >= 15 is 0 Å². The van der Waals surface area contributed by atoms with E-state index in [-0.39, 0.29) is 23.7 Å². The largest absolute Gasteiger partial charge is 0.476 e. The van der Waals surface area contributed by atoms with Crippen molar-refractivity contribution in [2.24, 2.45) is 4.99 Å². The number of piperidine rings is 1. The summed E-state index contributed by atoms with van der Waals surface area (Å²) in [5.41, 5.74) is 1.44. The Labute approximate surface area is 165 Å². The quantitative estimate of drug-likeness (QED) is 0.694. The Kier molecular flexibility index (Phi) is 6.13. The third-order valence-electron chi connectivity index (χ3n) is 4.75. The fourth-order valence-electron chi connectivity index (χ4n) is 3.17. The number of carbonyl (C=O) groups excluding carboxylic acids is 1. The van der Waals surface area contributed by atoms with Gasteiger partial charge in [0, 0.05) is 32.0 Å². The van der Waals surface area contributed by atoms with Gasteiger partial charge in [-0.05, 0) is 18.4 Å². The molecule has 1 aromatic heterocycles. The summed E-state index contributed by atoms with van der Waals surface area (Å²) in [7, 11) is 1.60. The minimum atomic E-state index is -1.04. The second-order valence-corrected chi connectivity index (χ2v) is 7.59. The minimum Gasteiger partial charge on any atom is -0.476 e. The third-order valence-corrected chi connectivity index (χ3v) is 6.01. The van der Waals surface area contributed by atoms with Gasteiger partial charge in [-0.25, -0.2) is 14.8 Å². The first-order valence-electron chi connectivity index (χ1n) is 8.65. The lowest BCUT2D eigenvalue weighted by molar-refractivity contribution is -0.116. The predicted octanol–water partition coefficient (Wildman–Crippen LogP) is 2.26. The number of amides is 1. The molecular formula is C17H21ClN4O4S. The van der Waals surface area contributed by atoms with Crippen LogP contribution in [0, 0.1) is 0 Å². The Hall–Kier alpha value is -1.97. The van der Waals surface area contributed by atoms with Gasteiger partial charge in [0.2, 0.25) is 0 Å². The van der Waals surface area contributed by atoms with E-state index in [4.69, 9.17) is 21.4 Å². The summed E-state index contributed by atoms with van der Waals surface area (Å²) in [6, 6.07) is -0.162. The van der Waals surface area contributed by atoms with Crippen molar-refractivity contribution in [3.05, 3.63) is 21.8 Å². The number of hydrogen-bond acceptors (Lipinski definition) is 7. The van der Waals surface area contributed by atoms with Gasteiger partial charge in [0.15, 0.2) is 10.8 Å². The van der Waals surface area contributed by atoms with Gasteiger partial charge in [-0.2, -0.15) is 0 Å². The van der Waals surface area contributed by atoms with Gasteiger partial charge in [-0.1, -0.05) is 18.5 Å². The molecule has 2 atom stereocenters. The number of thiazole rings is 1. The van der Waals surface area contributed by atoms with Gasteiger partial charge in [0.05, 0.1) is 12.1 Å². The van der Waals surface area contributed by atoms with Crippen molar-refractivity contribution in [2.75, 3.05) is 25.1 Å². The Bertz CT molecular complexity index is 807. The third kappa shape index (κ3) is 4.31. The average Bonchev–Trinajstić information content (AvgIpc) is 3.29. The summed E-state index contributed by atoms with van der Waals surface area (Å²) in [4.78, 5) is 33.8. The summed E-state index contributed by atoms with van der Waals surface area (Å²) in [5.74, 6) is -1.27. The first-order chi connectivity index (χ1) is 12.9. The average molecular weight is 413 g/mol. The summed E-state index contributed by atoms with van der Waals surface area (Å²) in [6.45, 7) is 3.14. The predicted molar refractivity (Wildman–Crippen MR) is 104 cm³/mol. The van der Waals surface area contributed by atoms with Gasteiger partial charge < -0.3 is 20.1 Å². The number of rotatable bonds is 6. The molecular weight excluding hydrogens is 392 g/mol. The molecule has 0 unspecified atom stereocenters. The highest BCUT2D eigenvalue weighted by molar-refractivity contribution is 7.13. The summed E-state index contributed by atoms with van der Waals surface area (Å²) >= 11 is 7.35. The molecule has 27 heavy (non-hydrogen) atoms. The van der Waals surface area contributed by atoms with Crippen molar-refractivity contribution in [2.45, 2.75) is 38.3 Å². The summed E-state index contributed by atoms with van der Waals surface area (Å²) in [6.07, 6.45) is 1.66. The number of carboxylic acid groups (broad SMARTS) is 1. The first-order valence-corrected chi connectivity index (χ1v) is 9.91. The van der Waals surface area contributed by atoms with Crippen molar-refractivity contribution in [1.29, 1.82) is 0 Å². The highest BCUT2D eigenvalue weighted by Crippen LogP contribution is 2.27. The number of nitrogens with one attached hydrogen (secondary N) is 1. The lowest BCUT2D eigenvalue weighted by Gasteiger charge is -2.37. The topological polar surface area (TPSA) is 104 Å². The molecule has 2 aliphatic heterocycles. The van der Waals surface area contributed by atoms with Crippen LogP contribution >= 0.6 is 22.9 Å². The second-order valence-electron chi connectivity index (χ2n) is 6.39. The number of aromatic nitrogens is 1. The van der Waals surface area contributed by atoms with Crippen LogP contribution in [0.2, 0.25) is 0 Å². The molecule has 0 aromatic carbocycles. The van der Waals surface area contributed by atoms with Crippen LogP contribution in [-0.4, -0.2) is 60.0 Å². The van der Waals surface area contributed by atoms with Crippen LogP contribution < -0.4 is 10.2 Å². The van der Waals surface area contributed by atoms with Crippen molar-refractivity contribution < 1.29 is 19.4 Å². The smallest absolute Gasteiger partial charge is 0.355 e. The molecule has 1 saturated heterocycles. The zero-order valence-electron chi connectivity index (χ0n) is 15.1. The maximum Gasteiger partial charge on any atom is 0.355 e. The lowest BCUT2D eigenvalue weighted by atomic mass is 10.0. The van der Waals surface area contributed by atoms with Crippen LogP contribution in [-0.2, 0) is 9.53 Å². The van der Waals surface area contributed by atoms with Crippen LogP contribution in [0.4, 0.5) is 5.13 Å². The molecule has 0 spiro atoms. The van der Waals surface area contributed by atoms with Gasteiger partial charge in [0.1, 0.15) is 10.9 Å². The summed E-state index contributed by atoms with van der Waals surface area (Å²) in [5, 5.41) is 14.6. The number of aliphatic imine (C=N–C) groups is 1. The van der Waals surface area contributed by atoms with Crippen LogP contribution in [0.3, 0.4) is 0 Å². The van der Waals surface area contributed by atoms with Crippen LogP contribution in [0.1, 0.15) is 36.7 Å². The van der Waals surface area contributed by atoms with E-state index in [9.17, 15) is 9.59 Å². The van der Waals surface area contributed by atoms with E-state index in [1.54, 1.807) is 7.11 Å². The number of aromatic carboxylic acids is 1. The number of carbonyl (C=O) groups is 2. The van der Waals surface area contributed by atoms with Crippen molar-refractivity contribution in [3.8, 4) is 0 Å². The molecule has 3 rings (SSSR count). The number of anilines is 1. The van der Waals surface area contributed by atoms with E-state index in [2.05, 4.69) is 15.3 Å². The standard InChI is InChI=1S/C17H21ClN4O4S/c1-3-9-6-11(19-14(9)18)15(23)20-10-4-5-22(7-13(10)26-2)17-21-12(8-27-17)16(24)25/h8,10,13H,3-7H2,1-2H3,(H,20,23)(H,24,25)/t10-,13+/m1/s1. The van der Waals surface area contributed by atoms with E-state index < -0.39 is 5.97 Å². The molecule has 0 radical (unpaired) electrons. The van der Waals surface area contributed by atoms with Gasteiger partial charge in [0.25, 0.3) is 5.91 Å². The molecule has 0 aliphatic carbocycles. The molecule has 2 aliphatic rings. The molecule has 0 bridgehead atoms. The Morgan fingerprint density at radius 3 is 2.89 bits per heavy atom. The van der Waals surface area contributed by atoms with Crippen molar-refractivity contribution >= 4 is 45.7 Å². The monoisotopic (exact) mass is 412 g/mol. The normalized spacial score (nSPS) is 22.8. The molecule has 0 saturated carbocycles. The maximum absolute atomic E-state index is 12.5. The zero-order valence-corrected chi connectivity index (χ0v) is 16.6. The Morgan fingerprint density at radius 1 is 1.52 bits per heavy atom. The number of halogens is 1. The second kappa shape index (κ2) is 8.37. The lowest BCUT2D eigenvalue weighted by Crippen LogP contribution is -2.55. The van der Waals surface area contributed by atoms with Crippen molar-refractivity contribution in [1.82, 2.24) is 10.3 Å². The zero-order chi connectivity index (χ0) is 19.6. The molecule has 2 N–H and O–H groups in total. The highest BCUT2D eigenvalue weighted by Gasteiger charge is 2.33. The van der Waals surface area contributed by atoms with E-state index in [1.807, 2.05) is 11.8 Å². The van der Waals surface area contributed by atoms with Crippen molar-refractivity contribution in [3.63, 3.8) is 0 Å². The van der Waals surface area contributed by atoms with Crippen LogP contribution in [0.15, 0.2) is 21.1 Å². The Morgan fingerprint density at radius 2 is 2.30 bits per heavy atom. The van der Waals surface area contributed by atoms with Crippen LogP contribution in [0.25, 0.3) is 0 Å². The first kappa shape index (κ1) is 19.8. The molecule has 1 fully saturated rings. The Balaban J connectivity index is 1.61. The van der Waals surface area contributed by atoms with Crippen LogP contribution in [0.5, 0.6) is 0 Å². The van der Waals surface area contributed by atoms with E-state index in [0.29, 0.717) is 41.9 Å². The molecule has 146 valence electrons. The number of methoxy groups -OCH3 is 1. The number of carboxylic acids is 1. The molecule has 8 nitrogen and oxygen atoms in total. The van der Waals surface area contributed by atoms with E-state index in [1.165, 1.54) is 16.7 Å². The fourth-order valence-corrected chi connectivity index (χ4v) is 4.31. The molecule has 1 aromatic rings. The molecule has 1 amide bonds. The fraction of sp³-hybridized carbons (Fsp3) is 0.529. The SMILES string of the molecule is CCC1=C(Cl)N=C(C(=O)N[C@@H]2CCN(c3nc(C(=O)O)cs3)C[C@@H]2OC)C1. The minimum absolute atomic E-state index is 0.0368. The highest BCUT2D eigenvalue weighted by atomic mass is 35.5. The number of hydrogen-bond donors (Lipinski definition) is 2. The number of ether oxygens (including phenoxy) is 1. The summed E-state index contributed by atoms with van der Waals surface area (Å²) < 4.78 is 5.56. The van der Waals surface area contributed by atoms with E-state index in [0.717, 1.165) is 12.0 Å². The van der Waals surface area contributed by atoms with Gasteiger partial charge >= 0.3 is 5.97 Å². The molecule has 3 heterocycles. The molecule has 10 heteroatoms.